The zero-order chi connectivity index (χ0) is 15.1. The number of rotatable bonds is 2. The van der Waals surface area contributed by atoms with Gasteiger partial charge >= 0.3 is 11.9 Å². The summed E-state index contributed by atoms with van der Waals surface area (Å²) in [5.41, 5.74) is 0.285. The number of benzene rings is 2. The van der Waals surface area contributed by atoms with Crippen LogP contribution in [0, 0.1) is 0 Å². The normalized spacial score (nSPS) is 8.86. The molecule has 7 heteroatoms. The Kier molecular flexibility index (Phi) is 8.87. The van der Waals surface area contributed by atoms with Gasteiger partial charge < -0.3 is 10.2 Å². The van der Waals surface area contributed by atoms with Gasteiger partial charge in [-0.1, -0.05) is 47.5 Å². The molecule has 0 radical (unpaired) electrons. The van der Waals surface area contributed by atoms with Gasteiger partial charge in [-0.05, 0) is 24.3 Å². The smallest absolute Gasteiger partial charge is 0.337 e. The van der Waals surface area contributed by atoms with Crippen LogP contribution in [-0.2, 0) is 19.5 Å². The van der Waals surface area contributed by atoms with Gasteiger partial charge in [0.15, 0.2) is 0 Å². The van der Waals surface area contributed by atoms with Gasteiger partial charge in [0, 0.05) is 19.5 Å². The summed E-state index contributed by atoms with van der Waals surface area (Å²) in [4.78, 5) is 20.7. The first-order valence-corrected chi connectivity index (χ1v) is 6.14. The van der Waals surface area contributed by atoms with E-state index >= 15 is 0 Å². The van der Waals surface area contributed by atoms with E-state index in [1.807, 2.05) is 0 Å². The van der Waals surface area contributed by atoms with Crippen molar-refractivity contribution in [1.29, 1.82) is 0 Å². The second-order valence-corrected chi connectivity index (χ2v) is 4.38. The Balaban J connectivity index is 0.000000364. The molecule has 0 fully saturated rings. The number of carboxylic acids is 2. The van der Waals surface area contributed by atoms with Gasteiger partial charge in [-0.2, -0.15) is 0 Å². The summed E-state index contributed by atoms with van der Waals surface area (Å²) in [5, 5.41) is 17.5. The second kappa shape index (κ2) is 9.51. The Morgan fingerprint density at radius 3 is 1.19 bits per heavy atom. The number of carbonyl (C=O) groups is 2. The fraction of sp³-hybridized carbons (Fsp3) is 0. The summed E-state index contributed by atoms with van der Waals surface area (Å²) in [6.45, 7) is 0. The second-order valence-electron chi connectivity index (χ2n) is 3.57. The van der Waals surface area contributed by atoms with Gasteiger partial charge in [0.25, 0.3) is 0 Å². The molecule has 0 aliphatic rings. The van der Waals surface area contributed by atoms with Gasteiger partial charge in [-0.25, -0.2) is 9.59 Å². The molecule has 0 aliphatic heterocycles. The van der Waals surface area contributed by atoms with E-state index in [4.69, 9.17) is 33.4 Å². The Morgan fingerprint density at radius 1 is 0.714 bits per heavy atom. The number of hydrogen-bond donors (Lipinski definition) is 2. The molecule has 0 heterocycles. The minimum Gasteiger partial charge on any atom is -0.478 e. The molecule has 2 aromatic rings. The summed E-state index contributed by atoms with van der Waals surface area (Å²) in [5.74, 6) is -1.99. The maximum Gasteiger partial charge on any atom is 0.337 e. The van der Waals surface area contributed by atoms with Crippen molar-refractivity contribution in [3.63, 3.8) is 0 Å². The Hall–Kier alpha value is -1.42. The Labute approximate surface area is 144 Å². The van der Waals surface area contributed by atoms with Gasteiger partial charge in [0.1, 0.15) is 0 Å². The molecule has 0 unspecified atom stereocenters. The third-order valence-corrected chi connectivity index (χ3v) is 2.87. The van der Waals surface area contributed by atoms with E-state index in [9.17, 15) is 9.59 Å². The molecule has 4 nitrogen and oxygen atoms in total. The standard InChI is InChI=1S/2C7H5ClO2.Zn/c2*8-6-4-2-1-3-5(6)7(9)10;/h2*1-4H,(H,9,10);. The van der Waals surface area contributed by atoms with Crippen LogP contribution in [0.5, 0.6) is 0 Å². The van der Waals surface area contributed by atoms with Crippen molar-refractivity contribution in [2.75, 3.05) is 0 Å². The van der Waals surface area contributed by atoms with Crippen LogP contribution >= 0.6 is 23.2 Å². The zero-order valence-electron chi connectivity index (χ0n) is 10.8. The average Bonchev–Trinajstić information content (AvgIpc) is 2.40. The van der Waals surface area contributed by atoms with E-state index < -0.39 is 11.9 Å². The third kappa shape index (κ3) is 6.26. The molecule has 21 heavy (non-hydrogen) atoms. The average molecular weight is 379 g/mol. The maximum absolute atomic E-state index is 10.3. The van der Waals surface area contributed by atoms with E-state index in [1.54, 1.807) is 36.4 Å². The predicted molar refractivity (Wildman–Crippen MR) is 76.8 cm³/mol. The largest absolute Gasteiger partial charge is 0.478 e. The first kappa shape index (κ1) is 19.6. The molecule has 2 aromatic carbocycles. The molecule has 2 rings (SSSR count). The molecule has 0 aromatic heterocycles. The Bertz CT molecular complexity index is 576. The van der Waals surface area contributed by atoms with E-state index in [0.29, 0.717) is 0 Å². The van der Waals surface area contributed by atoms with Gasteiger partial charge in [-0.15, -0.1) is 0 Å². The number of hydrogen-bond acceptors (Lipinski definition) is 2. The van der Waals surface area contributed by atoms with Crippen LogP contribution in [0.25, 0.3) is 0 Å². The molecular weight excluding hydrogens is 368 g/mol. The van der Waals surface area contributed by atoms with Gasteiger partial charge in [-0.3, -0.25) is 0 Å². The number of carboxylic acid groups (broad SMARTS) is 2. The SMILES string of the molecule is O=C(O)c1ccccc1Cl.O=C(O)c1ccccc1Cl.[Zn]. The molecule has 0 bridgehead atoms. The topological polar surface area (TPSA) is 74.6 Å². The quantitative estimate of drug-likeness (QED) is 0.773. The monoisotopic (exact) mass is 376 g/mol. The molecule has 0 saturated heterocycles. The van der Waals surface area contributed by atoms with Gasteiger partial charge in [0.2, 0.25) is 0 Å². The molecule has 0 amide bonds. The molecule has 2 N–H and O–H groups in total. The summed E-state index contributed by atoms with van der Waals surface area (Å²) < 4.78 is 0. The molecule has 0 saturated carbocycles. The minimum absolute atomic E-state index is 0. The summed E-state index contributed by atoms with van der Waals surface area (Å²) in [7, 11) is 0. The van der Waals surface area contributed by atoms with Gasteiger partial charge in [0.05, 0.1) is 21.2 Å². The van der Waals surface area contributed by atoms with Crippen molar-refractivity contribution in [2.45, 2.75) is 0 Å². The molecule has 0 aliphatic carbocycles. The third-order valence-electron chi connectivity index (χ3n) is 2.21. The predicted octanol–water partition coefficient (Wildman–Crippen LogP) is 4.07. The minimum atomic E-state index is -0.995. The van der Waals surface area contributed by atoms with Crippen LogP contribution < -0.4 is 0 Å². The summed E-state index contributed by atoms with van der Waals surface area (Å²) in [6.07, 6.45) is 0. The first-order chi connectivity index (χ1) is 9.43. The Morgan fingerprint density at radius 2 is 1.00 bits per heavy atom. The fourth-order valence-corrected chi connectivity index (χ4v) is 1.70. The van der Waals surface area contributed by atoms with Crippen LogP contribution in [0.3, 0.4) is 0 Å². The van der Waals surface area contributed by atoms with Crippen molar-refractivity contribution in [3.05, 3.63) is 69.7 Å². The van der Waals surface area contributed by atoms with Crippen molar-refractivity contribution in [1.82, 2.24) is 0 Å². The summed E-state index contributed by atoms with van der Waals surface area (Å²) >= 11 is 11.1. The maximum atomic E-state index is 10.3. The molecule has 106 valence electrons. The van der Waals surface area contributed by atoms with Crippen LogP contribution in [0.15, 0.2) is 48.5 Å². The summed E-state index contributed by atoms with van der Waals surface area (Å²) in [6, 6.07) is 12.7. The van der Waals surface area contributed by atoms with E-state index in [1.165, 1.54) is 12.1 Å². The van der Waals surface area contributed by atoms with Crippen molar-refractivity contribution in [2.24, 2.45) is 0 Å². The van der Waals surface area contributed by atoms with Crippen molar-refractivity contribution < 1.29 is 39.3 Å². The van der Waals surface area contributed by atoms with Crippen LogP contribution in [0.2, 0.25) is 10.0 Å². The fourth-order valence-electron chi connectivity index (χ4n) is 1.27. The van der Waals surface area contributed by atoms with E-state index in [-0.39, 0.29) is 40.7 Å². The van der Waals surface area contributed by atoms with E-state index in [2.05, 4.69) is 0 Å². The molecular formula is C14H10Cl2O4Zn. The number of halogens is 2. The van der Waals surface area contributed by atoms with E-state index in [0.717, 1.165) is 0 Å². The van der Waals surface area contributed by atoms with Crippen LogP contribution in [0.1, 0.15) is 20.7 Å². The first-order valence-electron chi connectivity index (χ1n) is 5.39. The molecule has 0 spiro atoms. The molecule has 0 atom stereocenters. The van der Waals surface area contributed by atoms with Crippen molar-refractivity contribution >= 4 is 35.1 Å². The van der Waals surface area contributed by atoms with Crippen molar-refractivity contribution in [3.8, 4) is 0 Å². The van der Waals surface area contributed by atoms with Crippen LogP contribution in [-0.4, -0.2) is 22.2 Å². The number of aromatic carboxylic acids is 2. The van der Waals surface area contributed by atoms with Crippen LogP contribution in [0.4, 0.5) is 0 Å². The zero-order valence-corrected chi connectivity index (χ0v) is 15.3.